The zero-order chi connectivity index (χ0) is 43.0. The molecule has 0 aliphatic carbocycles. The van der Waals surface area contributed by atoms with E-state index in [1.807, 2.05) is 6.08 Å². The average Bonchev–Trinajstić information content (AvgIpc) is 3.24. The second-order valence-electron chi connectivity index (χ2n) is 17.1. The maximum Gasteiger partial charge on any atom is 0.305 e. The van der Waals surface area contributed by atoms with Gasteiger partial charge in [-0.15, -0.1) is 0 Å². The van der Waals surface area contributed by atoms with Gasteiger partial charge < -0.3 is 20.3 Å². The molecule has 0 aliphatic heterocycles. The fraction of sp³-hybridized carbons (Fsp3) is 0.811. The predicted octanol–water partition coefficient (Wildman–Crippen LogP) is 15.1. The van der Waals surface area contributed by atoms with E-state index in [0.717, 1.165) is 70.6 Å². The number of ether oxygens (including phenoxy) is 1. The van der Waals surface area contributed by atoms with Gasteiger partial charge >= 0.3 is 5.97 Å². The smallest absolute Gasteiger partial charge is 0.305 e. The minimum Gasteiger partial charge on any atom is -0.466 e. The molecule has 0 bridgehead atoms. The molecule has 1 amide bonds. The van der Waals surface area contributed by atoms with Crippen molar-refractivity contribution in [1.29, 1.82) is 0 Å². The Morgan fingerprint density at radius 2 is 0.847 bits per heavy atom. The molecule has 0 aromatic rings. The Kier molecular flexibility index (Phi) is 46.7. The summed E-state index contributed by atoms with van der Waals surface area (Å²) in [6.45, 7) is 4.82. The summed E-state index contributed by atoms with van der Waals surface area (Å²) in [5, 5.41) is 22.9. The van der Waals surface area contributed by atoms with Crippen molar-refractivity contribution in [3.8, 4) is 0 Å². The number of aliphatic hydroxyl groups is 2. The van der Waals surface area contributed by atoms with E-state index in [1.165, 1.54) is 154 Å². The van der Waals surface area contributed by atoms with Gasteiger partial charge in [-0.25, -0.2) is 0 Å². The molecule has 6 nitrogen and oxygen atoms in total. The first kappa shape index (κ1) is 56.8. The van der Waals surface area contributed by atoms with Gasteiger partial charge in [0.2, 0.25) is 5.91 Å². The number of nitrogens with one attached hydrogen (secondary N) is 1. The van der Waals surface area contributed by atoms with Gasteiger partial charge in [-0.3, -0.25) is 9.59 Å². The highest BCUT2D eigenvalue weighted by atomic mass is 16.5. The minimum atomic E-state index is -0.854. The quantitative estimate of drug-likeness (QED) is 0.0323. The number of carbonyl (C=O) groups excluding carboxylic acids is 2. The van der Waals surface area contributed by atoms with Gasteiger partial charge in [0.15, 0.2) is 0 Å². The lowest BCUT2D eigenvalue weighted by Gasteiger charge is -2.20. The molecule has 0 spiro atoms. The molecule has 2 atom stereocenters. The van der Waals surface area contributed by atoms with Crippen molar-refractivity contribution in [2.24, 2.45) is 0 Å². The molecule has 0 radical (unpaired) electrons. The SMILES string of the molecule is CCCCC/C=C\C/C=C\CCCCCCCC(=O)OCCCCCCCCC/C=C\CCCCCCCC(=O)NC(CO)C(O)/C=C/CCCCCCCCCCC. The van der Waals surface area contributed by atoms with E-state index in [-0.39, 0.29) is 18.5 Å². The van der Waals surface area contributed by atoms with E-state index in [1.54, 1.807) is 6.08 Å². The van der Waals surface area contributed by atoms with Crippen molar-refractivity contribution >= 4 is 11.9 Å². The molecule has 6 heteroatoms. The van der Waals surface area contributed by atoms with Crippen molar-refractivity contribution in [2.75, 3.05) is 13.2 Å². The normalized spacial score (nSPS) is 13.1. The van der Waals surface area contributed by atoms with Crippen molar-refractivity contribution in [2.45, 2.75) is 264 Å². The van der Waals surface area contributed by atoms with Crippen LogP contribution in [0.25, 0.3) is 0 Å². The average molecular weight is 828 g/mol. The maximum absolute atomic E-state index is 12.4. The molecule has 0 saturated carbocycles. The lowest BCUT2D eigenvalue weighted by Crippen LogP contribution is -2.45. The van der Waals surface area contributed by atoms with Crippen LogP contribution in [0.1, 0.15) is 251 Å². The topological polar surface area (TPSA) is 95.9 Å². The Labute approximate surface area is 366 Å². The van der Waals surface area contributed by atoms with E-state index in [4.69, 9.17) is 4.74 Å². The molecule has 0 heterocycles. The van der Waals surface area contributed by atoms with E-state index < -0.39 is 12.1 Å². The van der Waals surface area contributed by atoms with Gasteiger partial charge in [0, 0.05) is 12.8 Å². The molecule has 0 saturated heterocycles. The van der Waals surface area contributed by atoms with E-state index >= 15 is 0 Å². The third-order valence-electron chi connectivity index (χ3n) is 11.3. The zero-order valence-corrected chi connectivity index (χ0v) is 39.0. The Morgan fingerprint density at radius 1 is 0.475 bits per heavy atom. The number of esters is 1. The Morgan fingerprint density at radius 3 is 1.34 bits per heavy atom. The van der Waals surface area contributed by atoms with Gasteiger partial charge in [0.05, 0.1) is 25.4 Å². The summed E-state index contributed by atoms with van der Waals surface area (Å²) in [5.74, 6) is -0.108. The van der Waals surface area contributed by atoms with Crippen LogP contribution in [0.15, 0.2) is 48.6 Å². The van der Waals surface area contributed by atoms with E-state index in [0.29, 0.717) is 19.4 Å². The second-order valence-corrected chi connectivity index (χ2v) is 17.1. The molecule has 3 N–H and O–H groups in total. The molecule has 344 valence electrons. The third-order valence-corrected chi connectivity index (χ3v) is 11.3. The molecular formula is C53H97NO5. The molecule has 0 rings (SSSR count). The number of rotatable bonds is 46. The van der Waals surface area contributed by atoms with Crippen molar-refractivity contribution in [3.05, 3.63) is 48.6 Å². The highest BCUT2D eigenvalue weighted by Crippen LogP contribution is 2.14. The standard InChI is InChI=1S/C53H97NO5/c1-3-5-7-9-11-13-15-16-19-23-27-31-35-39-43-47-53(58)59-48-44-40-36-32-28-24-21-18-17-20-22-26-30-34-38-42-46-52(57)54-50(49-55)51(56)45-41-37-33-29-25-14-12-10-8-6-4-2/h11,13,16-17,19-20,41,45,50-51,55-56H,3-10,12,14-15,18,21-40,42-44,46-49H2,1-2H3,(H,54,57)/b13-11-,19-16-,20-17-,45-41+. The molecule has 0 fully saturated rings. The summed E-state index contributed by atoms with van der Waals surface area (Å²) in [4.78, 5) is 24.4. The van der Waals surface area contributed by atoms with Gasteiger partial charge in [-0.1, -0.05) is 197 Å². The fourth-order valence-corrected chi connectivity index (χ4v) is 7.36. The molecule has 0 aromatic carbocycles. The van der Waals surface area contributed by atoms with Crippen LogP contribution >= 0.6 is 0 Å². The van der Waals surface area contributed by atoms with E-state index in [9.17, 15) is 19.8 Å². The third kappa shape index (κ3) is 45.2. The number of aliphatic hydroxyl groups excluding tert-OH is 2. The van der Waals surface area contributed by atoms with Crippen molar-refractivity contribution in [1.82, 2.24) is 5.32 Å². The van der Waals surface area contributed by atoms with Gasteiger partial charge in [0.1, 0.15) is 0 Å². The highest BCUT2D eigenvalue weighted by Gasteiger charge is 2.18. The van der Waals surface area contributed by atoms with Crippen LogP contribution in [-0.2, 0) is 14.3 Å². The van der Waals surface area contributed by atoms with Crippen LogP contribution in [0, 0.1) is 0 Å². The number of unbranched alkanes of at least 4 members (excludes halogenated alkanes) is 29. The largest absolute Gasteiger partial charge is 0.466 e. The summed E-state index contributed by atoms with van der Waals surface area (Å²) in [5.41, 5.74) is 0. The van der Waals surface area contributed by atoms with Gasteiger partial charge in [-0.05, 0) is 89.9 Å². The summed E-state index contributed by atoms with van der Waals surface area (Å²) in [7, 11) is 0. The number of amides is 1. The van der Waals surface area contributed by atoms with Crippen molar-refractivity contribution < 1.29 is 24.5 Å². The van der Waals surface area contributed by atoms with Crippen molar-refractivity contribution in [3.63, 3.8) is 0 Å². The monoisotopic (exact) mass is 828 g/mol. The Balaban J connectivity index is 3.50. The van der Waals surface area contributed by atoms with Crippen LogP contribution in [0.3, 0.4) is 0 Å². The number of hydrogen-bond donors (Lipinski definition) is 3. The Bertz CT molecular complexity index is 1000. The number of hydrogen-bond acceptors (Lipinski definition) is 5. The maximum atomic E-state index is 12.4. The second kappa shape index (κ2) is 48.5. The van der Waals surface area contributed by atoms with Crippen LogP contribution in [-0.4, -0.2) is 47.4 Å². The highest BCUT2D eigenvalue weighted by molar-refractivity contribution is 5.76. The molecule has 0 aromatic heterocycles. The van der Waals surface area contributed by atoms with Crippen LogP contribution in [0.4, 0.5) is 0 Å². The first-order valence-corrected chi connectivity index (χ1v) is 25.4. The number of carbonyl (C=O) groups is 2. The number of allylic oxidation sites excluding steroid dienone is 7. The van der Waals surface area contributed by atoms with Gasteiger partial charge in [0.25, 0.3) is 0 Å². The minimum absolute atomic E-state index is 0.0191. The summed E-state index contributed by atoms with van der Waals surface area (Å²) in [6, 6.07) is -0.640. The molecule has 2 unspecified atom stereocenters. The molecule has 0 aliphatic rings. The Hall–Kier alpha value is -2.18. The first-order chi connectivity index (χ1) is 29.0. The van der Waals surface area contributed by atoms with Crippen LogP contribution in [0.5, 0.6) is 0 Å². The predicted molar refractivity (Wildman–Crippen MR) is 255 cm³/mol. The van der Waals surface area contributed by atoms with Gasteiger partial charge in [-0.2, -0.15) is 0 Å². The lowest BCUT2D eigenvalue weighted by molar-refractivity contribution is -0.143. The summed E-state index contributed by atoms with van der Waals surface area (Å²) in [6.07, 6.45) is 59.6. The zero-order valence-electron chi connectivity index (χ0n) is 39.0. The summed E-state index contributed by atoms with van der Waals surface area (Å²) >= 11 is 0. The fourth-order valence-electron chi connectivity index (χ4n) is 7.36. The molecule has 59 heavy (non-hydrogen) atoms. The van der Waals surface area contributed by atoms with Crippen LogP contribution < -0.4 is 5.32 Å². The molecular weight excluding hydrogens is 731 g/mol. The lowest BCUT2D eigenvalue weighted by atomic mass is 10.1. The van der Waals surface area contributed by atoms with Crippen LogP contribution in [0.2, 0.25) is 0 Å². The first-order valence-electron chi connectivity index (χ1n) is 25.4. The summed E-state index contributed by atoms with van der Waals surface area (Å²) < 4.78 is 5.45. The van der Waals surface area contributed by atoms with E-state index in [2.05, 4.69) is 55.6 Å².